The van der Waals surface area contributed by atoms with Crippen molar-refractivity contribution < 1.29 is 4.79 Å². The quantitative estimate of drug-likeness (QED) is 0.751. The van der Waals surface area contributed by atoms with Crippen molar-refractivity contribution in [1.29, 1.82) is 0 Å². The van der Waals surface area contributed by atoms with Crippen molar-refractivity contribution in [2.75, 3.05) is 0 Å². The maximum absolute atomic E-state index is 10.7. The van der Waals surface area contributed by atoms with E-state index < -0.39 is 0 Å². The molecule has 0 aliphatic carbocycles. The number of nitrogens with zero attached hydrogens (tertiary/aromatic N) is 1. The molecule has 3 nitrogen and oxygen atoms in total. The molecule has 0 fully saturated rings. The Kier molecular flexibility index (Phi) is 2.31. The smallest absolute Gasteiger partial charge is 0.152 e. The first kappa shape index (κ1) is 8.94. The molecule has 1 N–H and O–H groups in total. The summed E-state index contributed by atoms with van der Waals surface area (Å²) in [6, 6.07) is 5.58. The summed E-state index contributed by atoms with van der Waals surface area (Å²) in [5.41, 5.74) is 2.38. The highest BCUT2D eigenvalue weighted by Gasteiger charge is 2.05. The van der Waals surface area contributed by atoms with Crippen molar-refractivity contribution in [3.8, 4) is 0 Å². The maximum atomic E-state index is 10.7. The number of aryl methyl sites for hydroxylation is 1. The number of aromatic amines is 1. The van der Waals surface area contributed by atoms with Gasteiger partial charge in [-0.15, -0.1) is 0 Å². The average molecular weight is 188 g/mol. The van der Waals surface area contributed by atoms with Crippen molar-refractivity contribution in [2.24, 2.45) is 0 Å². The van der Waals surface area contributed by atoms with Crippen LogP contribution in [0, 0.1) is 0 Å². The average Bonchev–Trinajstić information content (AvgIpc) is 2.60. The number of para-hydroxylation sites is 1. The first-order valence-corrected chi connectivity index (χ1v) is 4.78. The van der Waals surface area contributed by atoms with Gasteiger partial charge in [-0.1, -0.05) is 13.0 Å². The Labute approximate surface area is 82.2 Å². The van der Waals surface area contributed by atoms with Crippen LogP contribution in [-0.2, 0) is 6.42 Å². The van der Waals surface area contributed by atoms with Gasteiger partial charge in [-0.2, -0.15) is 0 Å². The van der Waals surface area contributed by atoms with Crippen LogP contribution in [0.4, 0.5) is 0 Å². The number of aromatic nitrogens is 2. The Bertz CT molecular complexity index is 459. The molecule has 0 amide bonds. The van der Waals surface area contributed by atoms with Gasteiger partial charge in [0.15, 0.2) is 6.29 Å². The number of imidazole rings is 1. The van der Waals surface area contributed by atoms with Crippen molar-refractivity contribution >= 4 is 17.3 Å². The molecule has 0 spiro atoms. The van der Waals surface area contributed by atoms with Crippen LogP contribution in [0.1, 0.15) is 29.5 Å². The fourth-order valence-electron chi connectivity index (χ4n) is 1.56. The van der Waals surface area contributed by atoms with Gasteiger partial charge >= 0.3 is 0 Å². The summed E-state index contributed by atoms with van der Waals surface area (Å²) in [6.45, 7) is 2.10. The molecule has 0 unspecified atom stereocenters. The predicted octanol–water partition coefficient (Wildman–Crippen LogP) is 2.33. The minimum absolute atomic E-state index is 0.654. The van der Waals surface area contributed by atoms with E-state index in [9.17, 15) is 4.79 Å². The molecule has 14 heavy (non-hydrogen) atoms. The van der Waals surface area contributed by atoms with Gasteiger partial charge in [0, 0.05) is 12.0 Å². The van der Waals surface area contributed by atoms with E-state index in [1.165, 1.54) is 0 Å². The molecular formula is C11H12N2O. The van der Waals surface area contributed by atoms with Gasteiger partial charge in [0.05, 0.1) is 11.0 Å². The van der Waals surface area contributed by atoms with Gasteiger partial charge in [0.1, 0.15) is 5.82 Å². The van der Waals surface area contributed by atoms with Gasteiger partial charge in [-0.3, -0.25) is 4.79 Å². The maximum Gasteiger partial charge on any atom is 0.152 e. The number of hydrogen-bond donors (Lipinski definition) is 1. The molecule has 1 aromatic heterocycles. The fraction of sp³-hybridized carbons (Fsp3) is 0.273. The third-order valence-electron chi connectivity index (χ3n) is 2.21. The zero-order valence-corrected chi connectivity index (χ0v) is 8.08. The second-order valence-electron chi connectivity index (χ2n) is 3.29. The summed E-state index contributed by atoms with van der Waals surface area (Å²) in [7, 11) is 0. The van der Waals surface area contributed by atoms with E-state index in [-0.39, 0.29) is 0 Å². The Balaban J connectivity index is 2.58. The molecule has 1 aromatic carbocycles. The SMILES string of the molecule is CCCc1nc2c(C=O)cccc2[nH]1. The molecule has 1 heterocycles. The lowest BCUT2D eigenvalue weighted by Gasteiger charge is -1.89. The minimum Gasteiger partial charge on any atom is -0.342 e. The van der Waals surface area contributed by atoms with Crippen LogP contribution < -0.4 is 0 Å². The highest BCUT2D eigenvalue weighted by atomic mass is 16.1. The second kappa shape index (κ2) is 3.62. The van der Waals surface area contributed by atoms with E-state index in [1.54, 1.807) is 6.07 Å². The Morgan fingerprint density at radius 2 is 2.36 bits per heavy atom. The van der Waals surface area contributed by atoms with E-state index >= 15 is 0 Å². The summed E-state index contributed by atoms with van der Waals surface area (Å²) in [4.78, 5) is 18.3. The standard InChI is InChI=1S/C11H12N2O/c1-2-4-10-12-9-6-3-5-8(7-14)11(9)13-10/h3,5-7H,2,4H2,1H3,(H,12,13). The highest BCUT2D eigenvalue weighted by molar-refractivity contribution is 5.94. The Morgan fingerprint density at radius 3 is 3.07 bits per heavy atom. The number of hydrogen-bond acceptors (Lipinski definition) is 2. The summed E-state index contributed by atoms with van der Waals surface area (Å²) >= 11 is 0. The Hall–Kier alpha value is -1.64. The first-order chi connectivity index (χ1) is 6.85. The van der Waals surface area contributed by atoms with E-state index in [1.807, 2.05) is 12.1 Å². The molecule has 3 heteroatoms. The fourth-order valence-corrected chi connectivity index (χ4v) is 1.56. The molecule has 0 atom stereocenters. The third-order valence-corrected chi connectivity index (χ3v) is 2.21. The number of fused-ring (bicyclic) bond motifs is 1. The van der Waals surface area contributed by atoms with Crippen LogP contribution in [0.2, 0.25) is 0 Å². The molecule has 2 rings (SSSR count). The van der Waals surface area contributed by atoms with Gasteiger partial charge in [0.25, 0.3) is 0 Å². The van der Waals surface area contributed by atoms with E-state index in [4.69, 9.17) is 0 Å². The number of H-pyrrole nitrogens is 1. The molecule has 0 bridgehead atoms. The topological polar surface area (TPSA) is 45.8 Å². The Morgan fingerprint density at radius 1 is 1.50 bits per heavy atom. The van der Waals surface area contributed by atoms with Crippen LogP contribution in [-0.4, -0.2) is 16.3 Å². The highest BCUT2D eigenvalue weighted by Crippen LogP contribution is 2.15. The normalized spacial score (nSPS) is 10.6. The summed E-state index contributed by atoms with van der Waals surface area (Å²) in [6.07, 6.45) is 2.82. The summed E-state index contributed by atoms with van der Waals surface area (Å²) < 4.78 is 0. The molecule has 0 radical (unpaired) electrons. The minimum atomic E-state index is 0.654. The largest absolute Gasteiger partial charge is 0.342 e. The zero-order valence-electron chi connectivity index (χ0n) is 8.08. The van der Waals surface area contributed by atoms with Crippen molar-refractivity contribution in [3.05, 3.63) is 29.6 Å². The van der Waals surface area contributed by atoms with Crippen molar-refractivity contribution in [1.82, 2.24) is 9.97 Å². The van der Waals surface area contributed by atoms with E-state index in [0.717, 1.165) is 36.0 Å². The number of carbonyl (C=O) groups excluding carboxylic acids is 1. The molecule has 2 aromatic rings. The van der Waals surface area contributed by atoms with Crippen LogP contribution in [0.3, 0.4) is 0 Å². The number of rotatable bonds is 3. The molecular weight excluding hydrogens is 176 g/mol. The lowest BCUT2D eigenvalue weighted by molar-refractivity contribution is 0.112. The van der Waals surface area contributed by atoms with Gasteiger partial charge in [-0.25, -0.2) is 4.98 Å². The van der Waals surface area contributed by atoms with Crippen LogP contribution in [0.5, 0.6) is 0 Å². The monoisotopic (exact) mass is 188 g/mol. The van der Waals surface area contributed by atoms with Gasteiger partial charge < -0.3 is 4.98 Å². The summed E-state index contributed by atoms with van der Waals surface area (Å²) in [5, 5.41) is 0. The van der Waals surface area contributed by atoms with Gasteiger partial charge in [0.2, 0.25) is 0 Å². The van der Waals surface area contributed by atoms with Crippen molar-refractivity contribution in [2.45, 2.75) is 19.8 Å². The third kappa shape index (κ3) is 1.41. The van der Waals surface area contributed by atoms with Crippen LogP contribution >= 0.6 is 0 Å². The molecule has 0 aliphatic rings. The molecule has 0 saturated carbocycles. The lowest BCUT2D eigenvalue weighted by atomic mass is 10.2. The van der Waals surface area contributed by atoms with Gasteiger partial charge in [-0.05, 0) is 18.6 Å². The first-order valence-electron chi connectivity index (χ1n) is 4.78. The predicted molar refractivity (Wildman–Crippen MR) is 55.5 cm³/mol. The van der Waals surface area contributed by atoms with Crippen LogP contribution in [0.25, 0.3) is 11.0 Å². The molecule has 0 saturated heterocycles. The molecule has 72 valence electrons. The zero-order chi connectivity index (χ0) is 9.97. The number of nitrogens with one attached hydrogen (secondary N) is 1. The van der Waals surface area contributed by atoms with E-state index in [0.29, 0.717) is 5.56 Å². The van der Waals surface area contributed by atoms with Crippen molar-refractivity contribution in [3.63, 3.8) is 0 Å². The second-order valence-corrected chi connectivity index (χ2v) is 3.29. The van der Waals surface area contributed by atoms with E-state index in [2.05, 4.69) is 16.9 Å². The summed E-state index contributed by atoms with van der Waals surface area (Å²) in [5.74, 6) is 0.955. The number of aldehydes is 1. The number of carbonyl (C=O) groups is 1. The van der Waals surface area contributed by atoms with Crippen LogP contribution in [0.15, 0.2) is 18.2 Å². The number of benzene rings is 1. The lowest BCUT2D eigenvalue weighted by Crippen LogP contribution is -1.85. The molecule has 0 aliphatic heterocycles.